The molecule has 6 heteroatoms. The van der Waals surface area contributed by atoms with Gasteiger partial charge in [0.1, 0.15) is 0 Å². The van der Waals surface area contributed by atoms with Gasteiger partial charge in [-0.05, 0) is 18.5 Å². The molecule has 0 bridgehead atoms. The first-order valence-corrected chi connectivity index (χ1v) is 8.12. The molecule has 1 aromatic carbocycles. The normalized spacial score (nSPS) is 19.1. The number of hydrogen-bond acceptors (Lipinski definition) is 3. The summed E-state index contributed by atoms with van der Waals surface area (Å²) in [6.07, 6.45) is 0.902. The van der Waals surface area contributed by atoms with E-state index in [1.165, 1.54) is 0 Å². The highest BCUT2D eigenvalue weighted by Crippen LogP contribution is 2.07. The largest absolute Gasteiger partial charge is 0.355 e. The molecule has 2 rings (SSSR count). The summed E-state index contributed by atoms with van der Waals surface area (Å²) in [5, 5.41) is 6.03. The van der Waals surface area contributed by atoms with E-state index in [2.05, 4.69) is 10.6 Å². The lowest BCUT2D eigenvalue weighted by Crippen LogP contribution is -2.34. The van der Waals surface area contributed by atoms with Crippen molar-refractivity contribution in [1.82, 2.24) is 10.6 Å². The summed E-state index contributed by atoms with van der Waals surface area (Å²) < 4.78 is 11.9. The van der Waals surface area contributed by atoms with Crippen molar-refractivity contribution in [1.29, 1.82) is 0 Å². The summed E-state index contributed by atoms with van der Waals surface area (Å²) in [5.74, 6) is 1.24. The molecular weight excluding hydrogens is 296 g/mol. The minimum atomic E-state index is -0.919. The van der Waals surface area contributed by atoms with E-state index in [0.29, 0.717) is 18.1 Å². The maximum atomic E-state index is 11.9. The number of amides is 1. The summed E-state index contributed by atoms with van der Waals surface area (Å²) in [5.41, 5.74) is 1.08. The van der Waals surface area contributed by atoms with Crippen LogP contribution in [0.25, 0.3) is 0 Å². The minimum absolute atomic E-state index is 0. The van der Waals surface area contributed by atoms with E-state index < -0.39 is 10.8 Å². The zero-order chi connectivity index (χ0) is 13.5. The number of nitrogens with one attached hydrogen (secondary N) is 2. The molecule has 1 aromatic rings. The van der Waals surface area contributed by atoms with Gasteiger partial charge in [-0.2, -0.15) is 0 Å². The van der Waals surface area contributed by atoms with E-state index in [9.17, 15) is 9.00 Å². The average molecular weight is 317 g/mol. The van der Waals surface area contributed by atoms with Crippen molar-refractivity contribution in [2.45, 2.75) is 12.2 Å². The van der Waals surface area contributed by atoms with Gasteiger partial charge in [0.2, 0.25) is 5.91 Å². The Morgan fingerprint density at radius 3 is 2.75 bits per heavy atom. The zero-order valence-corrected chi connectivity index (χ0v) is 13.0. The third kappa shape index (κ3) is 5.61. The van der Waals surface area contributed by atoms with Gasteiger partial charge in [0.05, 0.1) is 5.92 Å². The Morgan fingerprint density at radius 1 is 1.35 bits per heavy atom. The molecule has 1 aliphatic heterocycles. The minimum Gasteiger partial charge on any atom is -0.355 e. The molecule has 1 fully saturated rings. The molecule has 1 amide bonds. The Kier molecular flexibility index (Phi) is 7.80. The lowest BCUT2D eigenvalue weighted by Gasteiger charge is -2.09. The van der Waals surface area contributed by atoms with Crippen LogP contribution in [0, 0.1) is 5.92 Å². The smallest absolute Gasteiger partial charge is 0.224 e. The summed E-state index contributed by atoms with van der Waals surface area (Å²) in [6.45, 7) is 2.17. The van der Waals surface area contributed by atoms with Crippen LogP contribution < -0.4 is 10.6 Å². The van der Waals surface area contributed by atoms with Crippen molar-refractivity contribution in [2.24, 2.45) is 5.92 Å². The van der Waals surface area contributed by atoms with E-state index >= 15 is 0 Å². The summed E-state index contributed by atoms with van der Waals surface area (Å²) in [7, 11) is -0.919. The van der Waals surface area contributed by atoms with Crippen LogP contribution in [0.5, 0.6) is 0 Å². The van der Waals surface area contributed by atoms with Crippen LogP contribution in [0.1, 0.15) is 12.0 Å². The van der Waals surface area contributed by atoms with Gasteiger partial charge in [-0.25, -0.2) is 0 Å². The molecule has 20 heavy (non-hydrogen) atoms. The van der Waals surface area contributed by atoms with Gasteiger partial charge in [-0.15, -0.1) is 12.4 Å². The van der Waals surface area contributed by atoms with E-state index in [-0.39, 0.29) is 24.2 Å². The zero-order valence-electron chi connectivity index (χ0n) is 11.3. The molecule has 0 saturated carbocycles. The van der Waals surface area contributed by atoms with Gasteiger partial charge in [-0.1, -0.05) is 30.3 Å². The number of carbonyl (C=O) groups excluding carboxylic acids is 1. The molecule has 4 nitrogen and oxygen atoms in total. The number of rotatable bonds is 6. The lowest BCUT2D eigenvalue weighted by atomic mass is 10.1. The van der Waals surface area contributed by atoms with E-state index in [0.717, 1.165) is 25.1 Å². The maximum Gasteiger partial charge on any atom is 0.224 e. The molecule has 0 aromatic heterocycles. The highest BCUT2D eigenvalue weighted by molar-refractivity contribution is 7.84. The predicted molar refractivity (Wildman–Crippen MR) is 84.4 cm³/mol. The van der Waals surface area contributed by atoms with Crippen molar-refractivity contribution in [3.63, 3.8) is 0 Å². The Morgan fingerprint density at radius 2 is 2.10 bits per heavy atom. The predicted octanol–water partition coefficient (Wildman–Crippen LogP) is 1.08. The second-order valence-electron chi connectivity index (χ2n) is 4.75. The molecule has 1 aliphatic rings. The molecule has 2 N–H and O–H groups in total. The van der Waals surface area contributed by atoms with Crippen molar-refractivity contribution >= 4 is 29.1 Å². The van der Waals surface area contributed by atoms with Crippen LogP contribution in [-0.4, -0.2) is 35.5 Å². The number of carbonyl (C=O) groups is 1. The quantitative estimate of drug-likeness (QED) is 0.826. The van der Waals surface area contributed by atoms with Crippen molar-refractivity contribution in [3.05, 3.63) is 35.9 Å². The highest BCUT2D eigenvalue weighted by atomic mass is 35.5. The first-order chi connectivity index (χ1) is 9.25. The molecule has 1 saturated heterocycles. The third-order valence-electron chi connectivity index (χ3n) is 3.23. The van der Waals surface area contributed by atoms with Gasteiger partial charge in [0.15, 0.2) is 0 Å². The fourth-order valence-corrected chi connectivity index (χ4v) is 3.18. The van der Waals surface area contributed by atoms with Gasteiger partial charge < -0.3 is 10.6 Å². The van der Waals surface area contributed by atoms with Gasteiger partial charge in [0.25, 0.3) is 0 Å². The van der Waals surface area contributed by atoms with Crippen LogP contribution in [0.15, 0.2) is 30.3 Å². The Labute approximate surface area is 128 Å². The van der Waals surface area contributed by atoms with Crippen molar-refractivity contribution in [3.8, 4) is 0 Å². The fraction of sp³-hybridized carbons (Fsp3) is 0.500. The van der Waals surface area contributed by atoms with Gasteiger partial charge >= 0.3 is 0 Å². The molecule has 0 spiro atoms. The topological polar surface area (TPSA) is 58.2 Å². The highest BCUT2D eigenvalue weighted by Gasteiger charge is 2.21. The molecule has 2 atom stereocenters. The summed E-state index contributed by atoms with van der Waals surface area (Å²) >= 11 is 0. The van der Waals surface area contributed by atoms with Crippen molar-refractivity contribution in [2.75, 3.05) is 25.4 Å². The second kappa shape index (κ2) is 9.10. The van der Waals surface area contributed by atoms with E-state index in [4.69, 9.17) is 0 Å². The SMILES string of the molecule is Cl.O=C(NCCS(=O)Cc1ccccc1)C1CCNC1. The molecule has 2 unspecified atom stereocenters. The van der Waals surface area contributed by atoms with Gasteiger partial charge in [-0.3, -0.25) is 9.00 Å². The molecule has 0 aliphatic carbocycles. The number of hydrogen-bond donors (Lipinski definition) is 2. The van der Waals surface area contributed by atoms with Crippen molar-refractivity contribution < 1.29 is 9.00 Å². The molecule has 0 radical (unpaired) electrons. The second-order valence-corrected chi connectivity index (χ2v) is 6.33. The van der Waals surface area contributed by atoms with Crippen LogP contribution in [-0.2, 0) is 21.3 Å². The number of halogens is 1. The number of benzene rings is 1. The van der Waals surface area contributed by atoms with Crippen LogP contribution >= 0.6 is 12.4 Å². The van der Waals surface area contributed by atoms with E-state index in [1.54, 1.807) is 0 Å². The molecule has 1 heterocycles. The van der Waals surface area contributed by atoms with Crippen LogP contribution in [0.4, 0.5) is 0 Å². The fourth-order valence-electron chi connectivity index (χ4n) is 2.14. The monoisotopic (exact) mass is 316 g/mol. The van der Waals surface area contributed by atoms with Gasteiger partial charge in [0, 0.05) is 35.4 Å². The van der Waals surface area contributed by atoms with Crippen LogP contribution in [0.2, 0.25) is 0 Å². The standard InChI is InChI=1S/C14H20N2O2S.ClH/c17-14(13-6-7-15-10-13)16-8-9-19(18)11-12-4-2-1-3-5-12;/h1-5,13,15H,6-11H2,(H,16,17);1H. The third-order valence-corrected chi connectivity index (χ3v) is 4.55. The first-order valence-electron chi connectivity index (χ1n) is 6.63. The van der Waals surface area contributed by atoms with E-state index in [1.807, 2.05) is 30.3 Å². The maximum absolute atomic E-state index is 11.9. The molecular formula is C14H21ClN2O2S. The Bertz CT molecular complexity index is 436. The Balaban J connectivity index is 0.00000200. The van der Waals surface area contributed by atoms with Crippen LogP contribution in [0.3, 0.4) is 0 Å². The average Bonchev–Trinajstić information content (AvgIpc) is 2.93. The molecule has 112 valence electrons. The summed E-state index contributed by atoms with van der Waals surface area (Å²) in [4.78, 5) is 11.7. The first kappa shape index (κ1) is 17.1. The Hall–Kier alpha value is -0.910. The summed E-state index contributed by atoms with van der Waals surface area (Å²) in [6, 6.07) is 9.78. The lowest BCUT2D eigenvalue weighted by molar-refractivity contribution is -0.124.